The molecular weight excluding hydrogens is 443 g/mol. The van der Waals surface area contributed by atoms with Gasteiger partial charge in [0.15, 0.2) is 0 Å². The largest absolute Gasteiger partial charge is 0.334 e. The van der Waals surface area contributed by atoms with Crippen LogP contribution in [-0.4, -0.2) is 21.1 Å². The van der Waals surface area contributed by atoms with E-state index in [-0.39, 0.29) is 18.4 Å². The Morgan fingerprint density at radius 2 is 1.71 bits per heavy atom. The van der Waals surface area contributed by atoms with Gasteiger partial charge in [-0.05, 0) is 50.1 Å². The molecule has 1 aromatic heterocycles. The predicted molar refractivity (Wildman–Crippen MR) is 131 cm³/mol. The van der Waals surface area contributed by atoms with E-state index in [9.17, 15) is 9.18 Å². The monoisotopic (exact) mass is 468 g/mol. The average molecular weight is 469 g/mol. The Labute approximate surface area is 203 Å². The highest BCUT2D eigenvalue weighted by molar-refractivity contribution is 5.86. The highest BCUT2D eigenvalue weighted by Gasteiger charge is 2.35. The molecule has 0 saturated heterocycles. The first-order valence-electron chi connectivity index (χ1n) is 11.4. The SMILES string of the molecule is CC1=C(c2nc(-c3cccc(C)c3)no2)C(c2ccc(C)cc2)NC(=O)N1Cc1ccc(F)cc1. The van der Waals surface area contributed by atoms with Gasteiger partial charge in [0.25, 0.3) is 5.89 Å². The molecule has 2 heterocycles. The second-order valence-corrected chi connectivity index (χ2v) is 8.80. The van der Waals surface area contributed by atoms with Crippen molar-refractivity contribution in [2.24, 2.45) is 0 Å². The van der Waals surface area contributed by atoms with Gasteiger partial charge in [0.1, 0.15) is 5.82 Å². The Bertz CT molecular complexity index is 1410. The fourth-order valence-corrected chi connectivity index (χ4v) is 4.26. The van der Waals surface area contributed by atoms with E-state index >= 15 is 0 Å². The Kier molecular flexibility index (Phi) is 5.91. The van der Waals surface area contributed by atoms with Crippen LogP contribution in [0, 0.1) is 19.7 Å². The second kappa shape index (κ2) is 9.18. The molecule has 2 amide bonds. The standard InChI is InChI=1S/C28H25FN4O2/c1-17-7-11-21(12-8-17)25-24(27-31-26(32-35-27)22-6-4-5-18(2)15-22)19(3)33(28(34)30-25)16-20-9-13-23(29)14-10-20/h4-15,25H,16H2,1-3H3,(H,30,34). The van der Waals surface area contributed by atoms with Gasteiger partial charge in [0.05, 0.1) is 18.2 Å². The third kappa shape index (κ3) is 4.57. The van der Waals surface area contributed by atoms with Crippen LogP contribution >= 0.6 is 0 Å². The molecule has 35 heavy (non-hydrogen) atoms. The van der Waals surface area contributed by atoms with Crippen LogP contribution in [0.15, 0.2) is 83.0 Å². The van der Waals surface area contributed by atoms with Crippen molar-refractivity contribution in [1.82, 2.24) is 20.4 Å². The van der Waals surface area contributed by atoms with Crippen LogP contribution in [0.1, 0.15) is 41.1 Å². The van der Waals surface area contributed by atoms with Gasteiger partial charge in [-0.25, -0.2) is 9.18 Å². The summed E-state index contributed by atoms with van der Waals surface area (Å²) in [6.45, 7) is 6.17. The van der Waals surface area contributed by atoms with Crippen molar-refractivity contribution in [2.45, 2.75) is 33.4 Å². The van der Waals surface area contributed by atoms with Gasteiger partial charge in [-0.15, -0.1) is 0 Å². The number of hydrogen-bond donors (Lipinski definition) is 1. The first kappa shape index (κ1) is 22.5. The number of benzene rings is 3. The average Bonchev–Trinajstić information content (AvgIpc) is 3.33. The summed E-state index contributed by atoms with van der Waals surface area (Å²) in [6.07, 6.45) is 0. The number of aromatic nitrogens is 2. The van der Waals surface area contributed by atoms with Crippen molar-refractivity contribution in [3.63, 3.8) is 0 Å². The lowest BCUT2D eigenvalue weighted by atomic mass is 9.94. The van der Waals surface area contributed by atoms with Gasteiger partial charge < -0.3 is 9.84 Å². The molecular formula is C28H25FN4O2. The molecule has 1 aliphatic heterocycles. The molecule has 0 spiro atoms. The highest BCUT2D eigenvalue weighted by atomic mass is 19.1. The van der Waals surface area contributed by atoms with Crippen molar-refractivity contribution in [3.05, 3.63) is 112 Å². The summed E-state index contributed by atoms with van der Waals surface area (Å²) in [5.41, 5.74) is 6.21. The van der Waals surface area contributed by atoms with Gasteiger partial charge in [-0.2, -0.15) is 4.98 Å². The lowest BCUT2D eigenvalue weighted by molar-refractivity contribution is 0.203. The number of carbonyl (C=O) groups is 1. The fourth-order valence-electron chi connectivity index (χ4n) is 4.26. The van der Waals surface area contributed by atoms with Gasteiger partial charge >= 0.3 is 6.03 Å². The van der Waals surface area contributed by atoms with Gasteiger partial charge in [-0.1, -0.05) is 70.9 Å². The maximum Gasteiger partial charge on any atom is 0.322 e. The zero-order valence-electron chi connectivity index (χ0n) is 19.7. The lowest BCUT2D eigenvalue weighted by Crippen LogP contribution is -2.45. The topological polar surface area (TPSA) is 71.3 Å². The molecule has 0 saturated carbocycles. The van der Waals surface area contributed by atoms with Crippen molar-refractivity contribution >= 4 is 11.6 Å². The number of allylic oxidation sites excluding steroid dienone is 1. The lowest BCUT2D eigenvalue weighted by Gasteiger charge is -2.35. The molecule has 1 unspecified atom stereocenters. The van der Waals surface area contributed by atoms with Gasteiger partial charge in [0.2, 0.25) is 5.82 Å². The van der Waals surface area contributed by atoms with Crippen molar-refractivity contribution in [2.75, 3.05) is 0 Å². The Hall–Kier alpha value is -4.26. The summed E-state index contributed by atoms with van der Waals surface area (Å²) < 4.78 is 19.2. The van der Waals surface area contributed by atoms with Crippen LogP contribution in [0.4, 0.5) is 9.18 Å². The Morgan fingerprint density at radius 1 is 0.971 bits per heavy atom. The van der Waals surface area contributed by atoms with E-state index in [1.807, 2.05) is 69.3 Å². The summed E-state index contributed by atoms with van der Waals surface area (Å²) in [5, 5.41) is 7.32. The van der Waals surface area contributed by atoms with Gasteiger partial charge in [-0.3, -0.25) is 4.90 Å². The van der Waals surface area contributed by atoms with Crippen molar-refractivity contribution in [1.29, 1.82) is 0 Å². The van der Waals surface area contributed by atoms with Crippen LogP contribution < -0.4 is 5.32 Å². The highest BCUT2D eigenvalue weighted by Crippen LogP contribution is 2.38. The number of hydrogen-bond acceptors (Lipinski definition) is 4. The number of rotatable bonds is 5. The number of aryl methyl sites for hydroxylation is 2. The minimum Gasteiger partial charge on any atom is -0.334 e. The van der Waals surface area contributed by atoms with E-state index in [0.29, 0.717) is 17.4 Å². The van der Waals surface area contributed by atoms with E-state index in [0.717, 1.165) is 33.4 Å². The number of nitrogens with zero attached hydrogens (tertiary/aromatic N) is 3. The van der Waals surface area contributed by atoms with Crippen molar-refractivity contribution < 1.29 is 13.7 Å². The molecule has 0 radical (unpaired) electrons. The van der Waals surface area contributed by atoms with Crippen molar-refractivity contribution in [3.8, 4) is 11.4 Å². The summed E-state index contributed by atoms with van der Waals surface area (Å²) in [4.78, 5) is 19.5. The molecule has 0 aliphatic carbocycles. The molecule has 0 bridgehead atoms. The summed E-state index contributed by atoms with van der Waals surface area (Å²) in [7, 11) is 0. The molecule has 0 fully saturated rings. The number of urea groups is 1. The predicted octanol–water partition coefficient (Wildman–Crippen LogP) is 6.19. The quantitative estimate of drug-likeness (QED) is 0.379. The van der Waals surface area contributed by atoms with Crippen LogP contribution in [0.3, 0.4) is 0 Å². The van der Waals surface area contributed by atoms with E-state index in [4.69, 9.17) is 9.51 Å². The first-order valence-corrected chi connectivity index (χ1v) is 11.4. The Balaban J connectivity index is 1.59. The molecule has 1 N–H and O–H groups in total. The molecule has 1 atom stereocenters. The molecule has 7 heteroatoms. The fraction of sp³-hybridized carbons (Fsp3) is 0.179. The maximum atomic E-state index is 13.4. The first-order chi connectivity index (χ1) is 16.9. The van der Waals surface area contributed by atoms with Crippen LogP contribution in [0.2, 0.25) is 0 Å². The number of nitrogens with one attached hydrogen (secondary N) is 1. The third-order valence-electron chi connectivity index (χ3n) is 6.19. The van der Waals surface area contributed by atoms with E-state index in [2.05, 4.69) is 10.5 Å². The zero-order chi connectivity index (χ0) is 24.5. The molecule has 1 aliphatic rings. The maximum absolute atomic E-state index is 13.4. The number of amides is 2. The van der Waals surface area contributed by atoms with E-state index in [1.54, 1.807) is 17.0 Å². The molecule has 6 nitrogen and oxygen atoms in total. The van der Waals surface area contributed by atoms with Crippen LogP contribution in [0.5, 0.6) is 0 Å². The molecule has 5 rings (SSSR count). The summed E-state index contributed by atoms with van der Waals surface area (Å²) >= 11 is 0. The second-order valence-electron chi connectivity index (χ2n) is 8.80. The third-order valence-corrected chi connectivity index (χ3v) is 6.19. The summed E-state index contributed by atoms with van der Waals surface area (Å²) in [5.74, 6) is 0.501. The zero-order valence-corrected chi connectivity index (χ0v) is 19.7. The van der Waals surface area contributed by atoms with E-state index in [1.165, 1.54) is 12.1 Å². The smallest absolute Gasteiger partial charge is 0.322 e. The van der Waals surface area contributed by atoms with E-state index < -0.39 is 6.04 Å². The minimum atomic E-state index is -0.460. The Morgan fingerprint density at radius 3 is 2.43 bits per heavy atom. The molecule has 176 valence electrons. The molecule has 3 aromatic carbocycles. The minimum absolute atomic E-state index is 0.250. The van der Waals surface area contributed by atoms with Crippen LogP contribution in [0.25, 0.3) is 17.0 Å². The van der Waals surface area contributed by atoms with Gasteiger partial charge in [0, 0.05) is 11.3 Å². The van der Waals surface area contributed by atoms with Crippen LogP contribution in [-0.2, 0) is 6.54 Å². The summed E-state index contributed by atoms with van der Waals surface area (Å²) in [6, 6.07) is 21.3. The molecule has 4 aromatic rings. The normalized spacial score (nSPS) is 15.9. The number of carbonyl (C=O) groups excluding carboxylic acids is 1. The number of halogens is 1.